The Morgan fingerprint density at radius 2 is 1.96 bits per heavy atom. The van der Waals surface area contributed by atoms with Crippen molar-refractivity contribution in [2.24, 2.45) is 7.05 Å². The van der Waals surface area contributed by atoms with Crippen LogP contribution in [0.1, 0.15) is 11.9 Å². The molecule has 0 aliphatic carbocycles. The van der Waals surface area contributed by atoms with Crippen LogP contribution < -0.4 is 18.9 Å². The lowest BCUT2D eigenvalue weighted by Gasteiger charge is -2.13. The van der Waals surface area contributed by atoms with E-state index in [1.807, 2.05) is 19.1 Å². The molecular weight excluding hydrogens is 364 g/mol. The molecular formula is C20H21N2O2S2+. The Kier molecular flexibility index (Phi) is 4.54. The zero-order valence-corrected chi connectivity index (χ0v) is 16.9. The molecule has 1 aliphatic rings. The Hall–Kier alpha value is -2.18. The van der Waals surface area contributed by atoms with E-state index in [0.29, 0.717) is 6.61 Å². The molecule has 4 nitrogen and oxygen atoms in total. The highest BCUT2D eigenvalue weighted by Gasteiger charge is 2.25. The smallest absolute Gasteiger partial charge is 0.265 e. The Balaban J connectivity index is 1.71. The molecule has 3 aromatic rings. The quantitative estimate of drug-likeness (QED) is 0.609. The minimum atomic E-state index is 0.684. The van der Waals surface area contributed by atoms with Crippen molar-refractivity contribution >= 4 is 45.1 Å². The highest BCUT2D eigenvalue weighted by atomic mass is 32.2. The van der Waals surface area contributed by atoms with Gasteiger partial charge in [0, 0.05) is 30.1 Å². The maximum Gasteiger partial charge on any atom is 0.265 e. The monoisotopic (exact) mass is 385 g/mol. The maximum absolute atomic E-state index is 5.64. The Bertz CT molecular complexity index is 1010. The van der Waals surface area contributed by atoms with Crippen LogP contribution in [0.3, 0.4) is 0 Å². The summed E-state index contributed by atoms with van der Waals surface area (Å²) in [5.41, 5.74) is 2.40. The largest absolute Gasteiger partial charge is 0.497 e. The van der Waals surface area contributed by atoms with Gasteiger partial charge in [0.25, 0.3) is 5.01 Å². The molecule has 0 fully saturated rings. The maximum atomic E-state index is 5.64. The van der Waals surface area contributed by atoms with E-state index in [9.17, 15) is 0 Å². The number of anilines is 1. The van der Waals surface area contributed by atoms with Gasteiger partial charge < -0.3 is 14.4 Å². The third-order valence-electron chi connectivity index (χ3n) is 4.47. The second-order valence-electron chi connectivity index (χ2n) is 6.04. The number of hydrogen-bond acceptors (Lipinski definition) is 5. The first-order chi connectivity index (χ1) is 12.6. The van der Waals surface area contributed by atoms with E-state index in [1.54, 1.807) is 30.2 Å². The summed E-state index contributed by atoms with van der Waals surface area (Å²) in [4.78, 5) is 3.47. The van der Waals surface area contributed by atoms with Crippen molar-refractivity contribution in [3.63, 3.8) is 0 Å². The molecule has 0 N–H and O–H groups in total. The van der Waals surface area contributed by atoms with Crippen LogP contribution in [0.15, 0.2) is 46.3 Å². The van der Waals surface area contributed by atoms with E-state index in [2.05, 4.69) is 53.9 Å². The van der Waals surface area contributed by atoms with Gasteiger partial charge in [-0.3, -0.25) is 0 Å². The summed E-state index contributed by atoms with van der Waals surface area (Å²) in [5, 5.41) is 2.42. The van der Waals surface area contributed by atoms with E-state index in [1.165, 1.54) is 30.8 Å². The molecule has 0 atom stereocenters. The number of thioether (sulfide) groups is 1. The third-order valence-corrected chi connectivity index (χ3v) is 6.78. The second-order valence-corrected chi connectivity index (χ2v) is 8.16. The summed E-state index contributed by atoms with van der Waals surface area (Å²) in [6.45, 7) is 2.69. The average molecular weight is 386 g/mol. The number of methoxy groups -OCH3 is 1. The molecule has 6 heteroatoms. The summed E-state index contributed by atoms with van der Waals surface area (Å²) >= 11 is 3.57. The highest BCUT2D eigenvalue weighted by molar-refractivity contribution is 8.03. The predicted molar refractivity (Wildman–Crippen MR) is 109 cm³/mol. The van der Waals surface area contributed by atoms with Crippen LogP contribution in [-0.4, -0.2) is 20.8 Å². The molecule has 0 saturated carbocycles. The number of nitrogens with zero attached hydrogens (tertiary/aromatic N) is 2. The van der Waals surface area contributed by atoms with E-state index >= 15 is 0 Å². The Morgan fingerprint density at radius 1 is 1.15 bits per heavy atom. The van der Waals surface area contributed by atoms with Gasteiger partial charge in [-0.25, -0.2) is 0 Å². The lowest BCUT2D eigenvalue weighted by atomic mass is 10.3. The number of thiazole rings is 1. The third kappa shape index (κ3) is 2.93. The number of fused-ring (bicyclic) bond motifs is 2. The lowest BCUT2D eigenvalue weighted by molar-refractivity contribution is -0.642. The van der Waals surface area contributed by atoms with Crippen molar-refractivity contribution < 1.29 is 14.0 Å². The van der Waals surface area contributed by atoms with Crippen LogP contribution in [-0.2, 0) is 7.05 Å². The number of ether oxygens (including phenoxy) is 2. The molecule has 0 amide bonds. The van der Waals surface area contributed by atoms with E-state index in [-0.39, 0.29) is 0 Å². The van der Waals surface area contributed by atoms with Crippen molar-refractivity contribution in [1.29, 1.82) is 0 Å². The number of rotatable bonds is 4. The lowest BCUT2D eigenvalue weighted by Crippen LogP contribution is -2.29. The molecule has 26 heavy (non-hydrogen) atoms. The minimum absolute atomic E-state index is 0.684. The normalized spacial score (nSPS) is 14.9. The number of aryl methyl sites for hydroxylation is 1. The molecule has 4 rings (SSSR count). The summed E-state index contributed by atoms with van der Waals surface area (Å²) in [7, 11) is 5.92. The Labute approximate surface area is 161 Å². The van der Waals surface area contributed by atoms with Crippen molar-refractivity contribution in [2.45, 2.75) is 11.8 Å². The van der Waals surface area contributed by atoms with Crippen molar-refractivity contribution in [1.82, 2.24) is 0 Å². The molecule has 1 aliphatic heterocycles. The van der Waals surface area contributed by atoms with Crippen LogP contribution in [0.4, 0.5) is 5.69 Å². The van der Waals surface area contributed by atoms with Gasteiger partial charge in [-0.2, -0.15) is 4.57 Å². The molecule has 0 unspecified atom stereocenters. The van der Waals surface area contributed by atoms with Crippen LogP contribution in [0.5, 0.6) is 11.5 Å². The van der Waals surface area contributed by atoms with Gasteiger partial charge in [-0.05, 0) is 25.1 Å². The van der Waals surface area contributed by atoms with Crippen LogP contribution in [0, 0.1) is 0 Å². The topological polar surface area (TPSA) is 25.6 Å². The van der Waals surface area contributed by atoms with Crippen LogP contribution in [0.2, 0.25) is 0 Å². The van der Waals surface area contributed by atoms with E-state index < -0.39 is 0 Å². The molecule has 134 valence electrons. The molecule has 2 aromatic carbocycles. The minimum Gasteiger partial charge on any atom is -0.497 e. The second kappa shape index (κ2) is 6.85. The summed E-state index contributed by atoms with van der Waals surface area (Å²) in [5.74, 6) is 1.81. The predicted octanol–water partition coefficient (Wildman–Crippen LogP) is 4.67. The first-order valence-corrected chi connectivity index (χ1v) is 10.1. The van der Waals surface area contributed by atoms with Crippen LogP contribution in [0.25, 0.3) is 16.3 Å². The van der Waals surface area contributed by atoms with E-state index in [4.69, 9.17) is 9.47 Å². The fourth-order valence-corrected chi connectivity index (χ4v) is 5.30. The molecule has 0 spiro atoms. The van der Waals surface area contributed by atoms with Crippen LogP contribution >= 0.6 is 23.1 Å². The van der Waals surface area contributed by atoms with Gasteiger partial charge >= 0.3 is 0 Å². The molecule has 1 aromatic heterocycles. The van der Waals surface area contributed by atoms with E-state index in [0.717, 1.165) is 11.5 Å². The average Bonchev–Trinajstić information content (AvgIpc) is 3.12. The fourth-order valence-electron chi connectivity index (χ4n) is 3.04. The fraction of sp³-hybridized carbons (Fsp3) is 0.250. The molecule has 2 heterocycles. The summed E-state index contributed by atoms with van der Waals surface area (Å²) in [6, 6.07) is 12.5. The number of aromatic nitrogens is 1. The van der Waals surface area contributed by atoms with Crippen molar-refractivity contribution in [3.8, 4) is 11.5 Å². The summed E-state index contributed by atoms with van der Waals surface area (Å²) < 4.78 is 14.5. The summed E-state index contributed by atoms with van der Waals surface area (Å²) in [6.07, 6.45) is 2.25. The van der Waals surface area contributed by atoms with Gasteiger partial charge in [-0.1, -0.05) is 23.1 Å². The van der Waals surface area contributed by atoms with Crippen molar-refractivity contribution in [2.75, 3.05) is 25.7 Å². The Morgan fingerprint density at radius 3 is 2.73 bits per heavy atom. The van der Waals surface area contributed by atoms with Gasteiger partial charge in [0.15, 0.2) is 0 Å². The zero-order valence-electron chi connectivity index (χ0n) is 15.3. The first kappa shape index (κ1) is 17.2. The van der Waals surface area contributed by atoms with Gasteiger partial charge in [0.2, 0.25) is 5.52 Å². The SMILES string of the molecule is CCOc1ccc2c(c1)sc(/C=C1/Sc3ccc(OC)cc3N1C)[n+]2C. The van der Waals surface area contributed by atoms with Crippen molar-refractivity contribution in [3.05, 3.63) is 46.4 Å². The highest BCUT2D eigenvalue weighted by Crippen LogP contribution is 2.47. The standard InChI is InChI=1S/C20H21N2O2S2/c1-5-24-14-6-8-15-18(11-14)26-19(21(15)2)12-20-22(3)16-10-13(23-4)7-9-17(16)25-20/h6-12H,5H2,1-4H3/q+1. The number of benzene rings is 2. The van der Waals surface area contributed by atoms with Gasteiger partial charge in [-0.15, -0.1) is 0 Å². The van der Waals surface area contributed by atoms with Gasteiger partial charge in [0.1, 0.15) is 23.2 Å². The number of hydrogen-bond donors (Lipinski definition) is 0. The molecule has 0 bridgehead atoms. The molecule has 0 radical (unpaired) electrons. The van der Waals surface area contributed by atoms with Gasteiger partial charge in [0.05, 0.1) is 30.5 Å². The first-order valence-electron chi connectivity index (χ1n) is 8.47. The molecule has 0 saturated heterocycles. The zero-order chi connectivity index (χ0) is 18.3.